The minimum absolute atomic E-state index is 0.0260. The summed E-state index contributed by atoms with van der Waals surface area (Å²) in [6, 6.07) is -3.48. The van der Waals surface area contributed by atoms with Gasteiger partial charge in [-0.2, -0.15) is 11.8 Å². The molecule has 0 aliphatic heterocycles. The smallest absolute Gasteiger partial charge is 0.328 e. The Morgan fingerprint density at radius 3 is 2.18 bits per heavy atom. The third kappa shape index (κ3) is 10.7. The Morgan fingerprint density at radius 2 is 1.68 bits per heavy atom. The van der Waals surface area contributed by atoms with E-state index in [0.717, 1.165) is 0 Å². The van der Waals surface area contributed by atoms with Crippen LogP contribution in [0.25, 0.3) is 0 Å². The maximum Gasteiger partial charge on any atom is 0.328 e. The summed E-state index contributed by atoms with van der Waals surface area (Å²) in [6.45, 7) is -1.34. The number of rotatable bonds is 14. The molecule has 28 heavy (non-hydrogen) atoms. The van der Waals surface area contributed by atoms with Crippen LogP contribution in [-0.4, -0.2) is 83.1 Å². The number of carboxylic acids is 1. The van der Waals surface area contributed by atoms with E-state index in [4.69, 9.17) is 21.7 Å². The Balaban J connectivity index is 4.71. The van der Waals surface area contributed by atoms with Gasteiger partial charge in [-0.3, -0.25) is 19.2 Å². The largest absolute Gasteiger partial charge is 0.480 e. The van der Waals surface area contributed by atoms with Crippen LogP contribution in [0, 0.1) is 0 Å². The SMILES string of the molecule is CSCCC(NC(=O)C(N)CCC(N)=O)C(=O)NCC(=O)NC(CO)C(=O)O. The molecule has 9 N–H and O–H groups in total. The minimum atomic E-state index is -1.49. The first-order chi connectivity index (χ1) is 13.1. The van der Waals surface area contributed by atoms with Gasteiger partial charge >= 0.3 is 5.97 Å². The van der Waals surface area contributed by atoms with Crippen LogP contribution < -0.4 is 27.4 Å². The van der Waals surface area contributed by atoms with Gasteiger partial charge in [0, 0.05) is 6.42 Å². The summed E-state index contributed by atoms with van der Waals surface area (Å²) in [5.41, 5.74) is 10.7. The summed E-state index contributed by atoms with van der Waals surface area (Å²) in [4.78, 5) is 57.6. The summed E-state index contributed by atoms with van der Waals surface area (Å²) in [7, 11) is 0. The van der Waals surface area contributed by atoms with E-state index in [1.165, 1.54) is 11.8 Å². The Bertz CT molecular complexity index is 575. The Labute approximate surface area is 166 Å². The molecule has 3 atom stereocenters. The van der Waals surface area contributed by atoms with Crippen LogP contribution in [0.5, 0.6) is 0 Å². The Hall–Kier alpha value is -2.38. The molecule has 0 aromatic rings. The van der Waals surface area contributed by atoms with Crippen molar-refractivity contribution in [2.75, 3.05) is 25.2 Å². The molecule has 0 fully saturated rings. The number of primary amides is 1. The fourth-order valence-corrected chi connectivity index (χ4v) is 2.40. The lowest BCUT2D eigenvalue weighted by molar-refractivity contribution is -0.142. The first-order valence-electron chi connectivity index (χ1n) is 8.36. The first-order valence-corrected chi connectivity index (χ1v) is 9.75. The van der Waals surface area contributed by atoms with Crippen LogP contribution in [0.4, 0.5) is 0 Å². The highest BCUT2D eigenvalue weighted by Crippen LogP contribution is 2.03. The summed E-state index contributed by atoms with van der Waals surface area (Å²) < 4.78 is 0. The number of hydrogen-bond donors (Lipinski definition) is 7. The van der Waals surface area contributed by atoms with Gasteiger partial charge in [-0.15, -0.1) is 0 Å². The number of aliphatic carboxylic acids is 1. The van der Waals surface area contributed by atoms with E-state index in [1.807, 2.05) is 11.6 Å². The van der Waals surface area contributed by atoms with Crippen molar-refractivity contribution in [1.82, 2.24) is 16.0 Å². The second kappa shape index (κ2) is 13.7. The van der Waals surface area contributed by atoms with E-state index >= 15 is 0 Å². The molecule has 0 radical (unpaired) electrons. The van der Waals surface area contributed by atoms with Crippen molar-refractivity contribution in [3.8, 4) is 0 Å². The number of carbonyl (C=O) groups is 5. The molecule has 0 bridgehead atoms. The highest BCUT2D eigenvalue weighted by molar-refractivity contribution is 7.98. The van der Waals surface area contributed by atoms with Gasteiger partial charge in [0.15, 0.2) is 0 Å². The van der Waals surface area contributed by atoms with E-state index in [0.29, 0.717) is 5.75 Å². The molecule has 0 aliphatic rings. The molecule has 0 saturated heterocycles. The average Bonchev–Trinajstić information content (AvgIpc) is 2.64. The van der Waals surface area contributed by atoms with Crippen molar-refractivity contribution in [3.05, 3.63) is 0 Å². The Kier molecular flexibility index (Phi) is 12.6. The topological polar surface area (TPSA) is 214 Å². The van der Waals surface area contributed by atoms with E-state index in [1.54, 1.807) is 0 Å². The maximum atomic E-state index is 12.3. The van der Waals surface area contributed by atoms with E-state index in [-0.39, 0.29) is 19.3 Å². The standard InChI is InChI=1S/C15H27N5O7S/c1-28-5-4-9(20-13(24)8(16)2-3-11(17)22)14(25)18-6-12(23)19-10(7-21)15(26)27/h8-10,21H,2-7,16H2,1H3,(H2,17,22)(H,18,25)(H,19,23)(H,20,24)(H,26,27). The molecule has 0 rings (SSSR count). The van der Waals surface area contributed by atoms with Crippen molar-refractivity contribution in [2.45, 2.75) is 37.4 Å². The number of aliphatic hydroxyl groups excluding tert-OH is 1. The summed E-state index contributed by atoms with van der Waals surface area (Å²) in [5.74, 6) is -3.60. The molecular formula is C15H27N5O7S. The highest BCUT2D eigenvalue weighted by Gasteiger charge is 2.25. The molecule has 3 unspecified atom stereocenters. The predicted molar refractivity (Wildman–Crippen MR) is 101 cm³/mol. The zero-order valence-corrected chi connectivity index (χ0v) is 16.3. The molecule has 0 aliphatic carbocycles. The maximum absolute atomic E-state index is 12.3. The predicted octanol–water partition coefficient (Wildman–Crippen LogP) is -3.50. The molecule has 0 saturated carbocycles. The van der Waals surface area contributed by atoms with Gasteiger partial charge < -0.3 is 37.6 Å². The number of hydrogen-bond acceptors (Lipinski definition) is 8. The van der Waals surface area contributed by atoms with E-state index < -0.39 is 60.9 Å². The van der Waals surface area contributed by atoms with Crippen LogP contribution >= 0.6 is 11.8 Å². The number of nitrogens with two attached hydrogens (primary N) is 2. The zero-order valence-electron chi connectivity index (χ0n) is 15.5. The number of thioether (sulfide) groups is 1. The second-order valence-electron chi connectivity index (χ2n) is 5.81. The molecule has 0 spiro atoms. The zero-order chi connectivity index (χ0) is 21.7. The third-order valence-electron chi connectivity index (χ3n) is 3.52. The number of nitrogens with one attached hydrogen (secondary N) is 3. The lowest BCUT2D eigenvalue weighted by Crippen LogP contribution is -2.54. The van der Waals surface area contributed by atoms with Crippen molar-refractivity contribution < 1.29 is 34.2 Å². The monoisotopic (exact) mass is 421 g/mol. The quantitative estimate of drug-likeness (QED) is 0.148. The lowest BCUT2D eigenvalue weighted by atomic mass is 10.1. The van der Waals surface area contributed by atoms with Crippen molar-refractivity contribution in [3.63, 3.8) is 0 Å². The van der Waals surface area contributed by atoms with Gasteiger partial charge in [-0.25, -0.2) is 4.79 Å². The molecule has 0 heterocycles. The van der Waals surface area contributed by atoms with E-state index in [9.17, 15) is 24.0 Å². The summed E-state index contributed by atoms with van der Waals surface area (Å²) >= 11 is 1.44. The normalized spacial score (nSPS) is 13.7. The summed E-state index contributed by atoms with van der Waals surface area (Å²) in [5, 5.41) is 24.4. The fraction of sp³-hybridized carbons (Fsp3) is 0.667. The van der Waals surface area contributed by atoms with Gasteiger partial charge in [0.25, 0.3) is 0 Å². The van der Waals surface area contributed by atoms with Crippen molar-refractivity contribution in [1.29, 1.82) is 0 Å². The van der Waals surface area contributed by atoms with Crippen LogP contribution in [0.1, 0.15) is 19.3 Å². The average molecular weight is 421 g/mol. The third-order valence-corrected chi connectivity index (χ3v) is 4.17. The van der Waals surface area contributed by atoms with Crippen LogP contribution in [0.3, 0.4) is 0 Å². The molecule has 4 amide bonds. The van der Waals surface area contributed by atoms with Gasteiger partial charge in [-0.05, 0) is 24.9 Å². The second-order valence-corrected chi connectivity index (χ2v) is 6.80. The number of aliphatic hydroxyl groups is 1. The van der Waals surface area contributed by atoms with Gasteiger partial charge in [0.1, 0.15) is 12.1 Å². The van der Waals surface area contributed by atoms with Crippen LogP contribution in [0.15, 0.2) is 0 Å². The number of carboxylic acid groups (broad SMARTS) is 1. The lowest BCUT2D eigenvalue weighted by Gasteiger charge is -2.20. The first kappa shape index (κ1) is 25.6. The van der Waals surface area contributed by atoms with Gasteiger partial charge in [0.2, 0.25) is 23.6 Å². The van der Waals surface area contributed by atoms with Crippen LogP contribution in [0.2, 0.25) is 0 Å². The van der Waals surface area contributed by atoms with Crippen molar-refractivity contribution in [2.24, 2.45) is 11.5 Å². The molecule has 0 aromatic carbocycles. The van der Waals surface area contributed by atoms with Gasteiger partial charge in [-0.1, -0.05) is 0 Å². The molecule has 12 nitrogen and oxygen atoms in total. The number of carbonyl (C=O) groups excluding carboxylic acids is 4. The molecule has 13 heteroatoms. The Morgan fingerprint density at radius 1 is 1.04 bits per heavy atom. The van der Waals surface area contributed by atoms with E-state index in [2.05, 4.69) is 10.6 Å². The molecule has 160 valence electrons. The fourth-order valence-electron chi connectivity index (χ4n) is 1.93. The minimum Gasteiger partial charge on any atom is -0.480 e. The molecular weight excluding hydrogens is 394 g/mol. The van der Waals surface area contributed by atoms with Crippen molar-refractivity contribution >= 4 is 41.4 Å². The molecule has 0 aromatic heterocycles. The summed E-state index contributed by atoms with van der Waals surface area (Å²) in [6.07, 6.45) is 2.02. The highest BCUT2D eigenvalue weighted by atomic mass is 32.2. The van der Waals surface area contributed by atoms with Gasteiger partial charge in [0.05, 0.1) is 19.2 Å². The van der Waals surface area contributed by atoms with Crippen LogP contribution in [-0.2, 0) is 24.0 Å². The number of amides is 4.